The first-order chi connectivity index (χ1) is 13.5. The number of H-pyrrole nitrogens is 1. The summed E-state index contributed by atoms with van der Waals surface area (Å²) in [4.78, 5) is 36.7. The summed E-state index contributed by atoms with van der Waals surface area (Å²) < 4.78 is 0. The second-order valence-electron chi connectivity index (χ2n) is 5.72. The Morgan fingerprint density at radius 1 is 1.11 bits per heavy atom. The number of nitro groups is 1. The quantitative estimate of drug-likeness (QED) is 0.352. The molecule has 0 unspecified atom stereocenters. The van der Waals surface area contributed by atoms with Crippen LogP contribution in [0.2, 0.25) is 0 Å². The Hall–Kier alpha value is -3.53. The Balaban J connectivity index is 1.76. The van der Waals surface area contributed by atoms with Crippen LogP contribution in [-0.4, -0.2) is 31.2 Å². The van der Waals surface area contributed by atoms with E-state index >= 15 is 0 Å². The molecular weight excluding hydrogens is 384 g/mol. The number of para-hydroxylation sites is 1. The first kappa shape index (κ1) is 19.2. The molecule has 28 heavy (non-hydrogen) atoms. The Bertz CT molecular complexity index is 1100. The van der Waals surface area contributed by atoms with Crippen LogP contribution >= 0.6 is 11.8 Å². The van der Waals surface area contributed by atoms with Crippen molar-refractivity contribution in [1.29, 1.82) is 0 Å². The highest BCUT2D eigenvalue weighted by Crippen LogP contribution is 2.22. The van der Waals surface area contributed by atoms with Gasteiger partial charge in [0.1, 0.15) is 5.69 Å². The molecule has 9 nitrogen and oxygen atoms in total. The van der Waals surface area contributed by atoms with Gasteiger partial charge >= 0.3 is 5.97 Å². The highest BCUT2D eigenvalue weighted by molar-refractivity contribution is 7.98. The lowest BCUT2D eigenvalue weighted by Crippen LogP contribution is -2.18. The van der Waals surface area contributed by atoms with Gasteiger partial charge in [0.15, 0.2) is 5.16 Å². The van der Waals surface area contributed by atoms with Gasteiger partial charge in [0.25, 0.3) is 11.2 Å². The number of nitrogens with one attached hydrogen (secondary N) is 1. The number of nitro benzene ring substituents is 1. The minimum Gasteiger partial charge on any atom is -0.478 e. The number of hydrogen-bond donors (Lipinski definition) is 2. The molecule has 0 atom stereocenters. The summed E-state index contributed by atoms with van der Waals surface area (Å²) in [5, 5.41) is 28.3. The van der Waals surface area contributed by atoms with Gasteiger partial charge in [-0.1, -0.05) is 48.2 Å². The zero-order chi connectivity index (χ0) is 20.1. The van der Waals surface area contributed by atoms with Crippen LogP contribution in [0.5, 0.6) is 0 Å². The molecule has 3 aromatic rings. The van der Waals surface area contributed by atoms with E-state index in [2.05, 4.69) is 15.2 Å². The molecule has 3 rings (SSSR count). The average molecular weight is 398 g/mol. The van der Waals surface area contributed by atoms with Gasteiger partial charge in [-0.2, -0.15) is 0 Å². The van der Waals surface area contributed by atoms with E-state index in [9.17, 15) is 24.8 Å². The van der Waals surface area contributed by atoms with Gasteiger partial charge in [-0.25, -0.2) is 4.79 Å². The van der Waals surface area contributed by atoms with E-state index in [1.807, 2.05) is 0 Å². The molecular formula is C18H14N4O5S. The van der Waals surface area contributed by atoms with E-state index in [-0.39, 0.29) is 34.3 Å². The van der Waals surface area contributed by atoms with E-state index in [1.165, 1.54) is 12.1 Å². The second-order valence-corrected chi connectivity index (χ2v) is 6.68. The van der Waals surface area contributed by atoms with Crippen molar-refractivity contribution in [3.8, 4) is 0 Å². The van der Waals surface area contributed by atoms with E-state index in [0.717, 1.165) is 11.8 Å². The largest absolute Gasteiger partial charge is 0.478 e. The topological polar surface area (TPSA) is 139 Å². The number of aromatic carboxylic acids is 1. The van der Waals surface area contributed by atoms with Crippen molar-refractivity contribution < 1.29 is 14.8 Å². The normalized spacial score (nSPS) is 10.6. The number of carboxylic acid groups (broad SMARTS) is 1. The summed E-state index contributed by atoms with van der Waals surface area (Å²) in [5.74, 6) is -0.744. The zero-order valence-corrected chi connectivity index (χ0v) is 15.2. The smallest absolute Gasteiger partial charge is 0.335 e. The van der Waals surface area contributed by atoms with E-state index in [4.69, 9.17) is 0 Å². The molecule has 0 aliphatic rings. The van der Waals surface area contributed by atoms with E-state index in [0.29, 0.717) is 11.1 Å². The Kier molecular flexibility index (Phi) is 5.80. The molecule has 0 spiro atoms. The lowest BCUT2D eigenvalue weighted by molar-refractivity contribution is -0.385. The molecule has 142 valence electrons. The molecule has 0 radical (unpaired) electrons. The molecule has 0 aliphatic heterocycles. The Morgan fingerprint density at radius 2 is 1.79 bits per heavy atom. The minimum absolute atomic E-state index is 0.0215. The molecule has 1 heterocycles. The lowest BCUT2D eigenvalue weighted by Gasteiger charge is -2.05. The highest BCUT2D eigenvalue weighted by atomic mass is 32.2. The number of aromatic nitrogens is 3. The SMILES string of the molecule is O=C(O)c1ccccc1CSc1nnc(Cc2ccccc2[N+](=O)[O-])c(=O)[nH]1. The maximum atomic E-state index is 12.3. The van der Waals surface area contributed by atoms with Crippen molar-refractivity contribution in [3.05, 3.63) is 91.4 Å². The molecule has 0 aliphatic carbocycles. The minimum atomic E-state index is -1.03. The number of carboxylic acids is 1. The molecule has 2 aromatic carbocycles. The third-order valence-electron chi connectivity index (χ3n) is 3.90. The fourth-order valence-corrected chi connectivity index (χ4v) is 3.35. The molecule has 0 bridgehead atoms. The van der Waals surface area contributed by atoms with Crippen molar-refractivity contribution in [2.24, 2.45) is 0 Å². The zero-order valence-electron chi connectivity index (χ0n) is 14.4. The van der Waals surface area contributed by atoms with E-state index in [1.54, 1.807) is 36.4 Å². The van der Waals surface area contributed by atoms with Crippen LogP contribution in [-0.2, 0) is 12.2 Å². The standard InChI is InChI=1S/C18H14N4O5S/c23-16-14(9-11-5-2-4-8-15(11)22(26)27)20-21-18(19-16)28-10-12-6-1-3-7-13(12)17(24)25/h1-8H,9-10H2,(H,24,25)(H,19,21,23). The van der Waals surface area contributed by atoms with Gasteiger partial charge in [0, 0.05) is 23.8 Å². The number of hydrogen-bond acceptors (Lipinski definition) is 7. The summed E-state index contributed by atoms with van der Waals surface area (Å²) in [7, 11) is 0. The first-order valence-electron chi connectivity index (χ1n) is 8.08. The van der Waals surface area contributed by atoms with Crippen LogP contribution in [0.1, 0.15) is 27.2 Å². The monoisotopic (exact) mass is 398 g/mol. The number of thioether (sulfide) groups is 1. The van der Waals surface area contributed by atoms with Gasteiger partial charge in [0.2, 0.25) is 0 Å². The third-order valence-corrected chi connectivity index (χ3v) is 4.81. The molecule has 0 fully saturated rings. The number of aromatic amines is 1. The second kappa shape index (κ2) is 8.44. The number of rotatable bonds is 7. The summed E-state index contributed by atoms with van der Waals surface area (Å²) in [6, 6.07) is 12.7. The van der Waals surface area contributed by atoms with E-state index < -0.39 is 16.5 Å². The van der Waals surface area contributed by atoms with Gasteiger partial charge in [0.05, 0.1) is 10.5 Å². The van der Waals surface area contributed by atoms with Crippen molar-refractivity contribution >= 4 is 23.4 Å². The molecule has 0 amide bonds. The summed E-state index contributed by atoms with van der Waals surface area (Å²) in [5.41, 5.74) is 0.604. The summed E-state index contributed by atoms with van der Waals surface area (Å²) >= 11 is 1.14. The van der Waals surface area contributed by atoms with Gasteiger partial charge in [-0.15, -0.1) is 10.2 Å². The maximum Gasteiger partial charge on any atom is 0.335 e. The third kappa shape index (κ3) is 4.41. The fourth-order valence-electron chi connectivity index (χ4n) is 2.55. The lowest BCUT2D eigenvalue weighted by atomic mass is 10.1. The van der Waals surface area contributed by atoms with Crippen LogP contribution in [0.15, 0.2) is 58.5 Å². The van der Waals surface area contributed by atoms with Crippen LogP contribution < -0.4 is 5.56 Å². The summed E-state index contributed by atoms with van der Waals surface area (Å²) in [6.07, 6.45) is -0.0215. The highest BCUT2D eigenvalue weighted by Gasteiger charge is 2.16. The van der Waals surface area contributed by atoms with Crippen LogP contribution in [0.4, 0.5) is 5.69 Å². The molecule has 0 saturated heterocycles. The van der Waals surface area contributed by atoms with Crippen molar-refractivity contribution in [2.45, 2.75) is 17.3 Å². The van der Waals surface area contributed by atoms with Crippen molar-refractivity contribution in [3.63, 3.8) is 0 Å². The Morgan fingerprint density at radius 3 is 2.46 bits per heavy atom. The Labute approximate surface area is 162 Å². The number of benzene rings is 2. The first-order valence-corrected chi connectivity index (χ1v) is 9.06. The van der Waals surface area contributed by atoms with Gasteiger partial charge < -0.3 is 5.11 Å². The average Bonchev–Trinajstić information content (AvgIpc) is 2.68. The van der Waals surface area contributed by atoms with Crippen LogP contribution in [0.25, 0.3) is 0 Å². The maximum absolute atomic E-state index is 12.3. The predicted molar refractivity (Wildman–Crippen MR) is 102 cm³/mol. The fraction of sp³-hybridized carbons (Fsp3) is 0.111. The van der Waals surface area contributed by atoms with Crippen molar-refractivity contribution in [1.82, 2.24) is 15.2 Å². The van der Waals surface area contributed by atoms with Crippen LogP contribution in [0.3, 0.4) is 0 Å². The number of nitrogens with zero attached hydrogens (tertiary/aromatic N) is 3. The molecule has 0 saturated carbocycles. The molecule has 2 N–H and O–H groups in total. The van der Waals surface area contributed by atoms with Crippen molar-refractivity contribution in [2.75, 3.05) is 0 Å². The van der Waals surface area contributed by atoms with Gasteiger partial charge in [-0.3, -0.25) is 19.9 Å². The van der Waals surface area contributed by atoms with Crippen LogP contribution in [0, 0.1) is 10.1 Å². The number of carbonyl (C=O) groups is 1. The molecule has 1 aromatic heterocycles. The molecule has 10 heteroatoms. The summed E-state index contributed by atoms with van der Waals surface area (Å²) in [6.45, 7) is 0. The van der Waals surface area contributed by atoms with Gasteiger partial charge in [-0.05, 0) is 11.6 Å². The predicted octanol–water partition coefficient (Wildman–Crippen LogP) is 2.65.